The number of hydrogen-bond donors (Lipinski definition) is 1. The standard InChI is InChI=1S/C18H30N2S/c1-12-13(2)21-17(20-12)9-15-10-18(3,4)8-7-14(15)11-19-16-5-6-16/h14-16,19H,5-11H2,1-4H3. The van der Waals surface area contributed by atoms with E-state index in [-0.39, 0.29) is 0 Å². The number of nitrogens with zero attached hydrogens (tertiary/aromatic N) is 1. The van der Waals surface area contributed by atoms with Crippen molar-refractivity contribution in [1.82, 2.24) is 10.3 Å². The summed E-state index contributed by atoms with van der Waals surface area (Å²) in [4.78, 5) is 6.19. The van der Waals surface area contributed by atoms with Crippen LogP contribution in [-0.2, 0) is 6.42 Å². The van der Waals surface area contributed by atoms with Crippen LogP contribution in [0.25, 0.3) is 0 Å². The SMILES string of the molecule is Cc1nc(CC2CC(C)(C)CCC2CNC2CC2)sc1C. The first kappa shape index (κ1) is 15.5. The number of nitrogens with one attached hydrogen (secondary N) is 1. The highest BCUT2D eigenvalue weighted by atomic mass is 32.1. The average molecular weight is 307 g/mol. The smallest absolute Gasteiger partial charge is 0.0933 e. The number of aryl methyl sites for hydroxylation is 2. The van der Waals surface area contributed by atoms with Gasteiger partial charge in [0.15, 0.2) is 0 Å². The van der Waals surface area contributed by atoms with Crippen molar-refractivity contribution < 1.29 is 0 Å². The summed E-state index contributed by atoms with van der Waals surface area (Å²) in [7, 11) is 0. The van der Waals surface area contributed by atoms with Gasteiger partial charge in [0, 0.05) is 17.3 Å². The van der Waals surface area contributed by atoms with Crippen LogP contribution in [0.2, 0.25) is 0 Å². The number of rotatable bonds is 5. The van der Waals surface area contributed by atoms with Crippen LogP contribution < -0.4 is 5.32 Å². The van der Waals surface area contributed by atoms with Gasteiger partial charge in [-0.1, -0.05) is 13.8 Å². The van der Waals surface area contributed by atoms with Gasteiger partial charge < -0.3 is 5.32 Å². The van der Waals surface area contributed by atoms with E-state index in [0.29, 0.717) is 5.41 Å². The summed E-state index contributed by atoms with van der Waals surface area (Å²) < 4.78 is 0. The molecule has 0 saturated heterocycles. The Kier molecular flexibility index (Phi) is 4.42. The van der Waals surface area contributed by atoms with E-state index in [1.165, 1.54) is 60.6 Å². The molecule has 1 aromatic rings. The van der Waals surface area contributed by atoms with E-state index in [1.807, 2.05) is 11.3 Å². The molecule has 1 heterocycles. The minimum atomic E-state index is 0.516. The summed E-state index contributed by atoms with van der Waals surface area (Å²) in [6.45, 7) is 10.5. The van der Waals surface area contributed by atoms with E-state index in [4.69, 9.17) is 4.98 Å². The van der Waals surface area contributed by atoms with Gasteiger partial charge in [0.25, 0.3) is 0 Å². The summed E-state index contributed by atoms with van der Waals surface area (Å²) in [5, 5.41) is 5.13. The van der Waals surface area contributed by atoms with Crippen molar-refractivity contribution in [1.29, 1.82) is 0 Å². The Hall–Kier alpha value is -0.410. The fourth-order valence-corrected chi connectivity index (χ4v) is 4.78. The fourth-order valence-electron chi connectivity index (χ4n) is 3.75. The highest BCUT2D eigenvalue weighted by Crippen LogP contribution is 2.43. The molecule has 0 aliphatic heterocycles. The molecule has 2 saturated carbocycles. The molecular formula is C18H30N2S. The van der Waals surface area contributed by atoms with Crippen molar-refractivity contribution >= 4 is 11.3 Å². The van der Waals surface area contributed by atoms with Crippen LogP contribution in [0.15, 0.2) is 0 Å². The normalized spacial score (nSPS) is 28.8. The molecule has 2 fully saturated rings. The fraction of sp³-hybridized carbons (Fsp3) is 0.833. The molecule has 3 rings (SSSR count). The van der Waals surface area contributed by atoms with Crippen molar-refractivity contribution in [2.75, 3.05) is 6.54 Å². The minimum absolute atomic E-state index is 0.516. The van der Waals surface area contributed by atoms with Gasteiger partial charge in [0.2, 0.25) is 0 Å². The van der Waals surface area contributed by atoms with Gasteiger partial charge in [-0.05, 0) is 69.7 Å². The number of hydrogen-bond acceptors (Lipinski definition) is 3. The van der Waals surface area contributed by atoms with Gasteiger partial charge in [-0.25, -0.2) is 4.98 Å². The van der Waals surface area contributed by atoms with Crippen molar-refractivity contribution in [2.45, 2.75) is 72.3 Å². The lowest BCUT2D eigenvalue weighted by Crippen LogP contribution is -2.37. The Balaban J connectivity index is 1.66. The number of aromatic nitrogens is 1. The zero-order chi connectivity index (χ0) is 15.0. The van der Waals surface area contributed by atoms with Crippen LogP contribution in [0.1, 0.15) is 61.5 Å². The van der Waals surface area contributed by atoms with Gasteiger partial charge in [-0.2, -0.15) is 0 Å². The predicted molar refractivity (Wildman–Crippen MR) is 90.9 cm³/mol. The third-order valence-corrected chi connectivity index (χ3v) is 6.52. The molecule has 2 aliphatic rings. The van der Waals surface area contributed by atoms with Crippen LogP contribution in [0.3, 0.4) is 0 Å². The van der Waals surface area contributed by atoms with Crippen LogP contribution >= 0.6 is 11.3 Å². The van der Waals surface area contributed by atoms with Gasteiger partial charge in [-0.3, -0.25) is 0 Å². The first-order chi connectivity index (χ1) is 9.93. The van der Waals surface area contributed by atoms with E-state index in [2.05, 4.69) is 33.0 Å². The third kappa shape index (κ3) is 4.07. The van der Waals surface area contributed by atoms with Crippen molar-refractivity contribution in [3.8, 4) is 0 Å². The highest BCUT2D eigenvalue weighted by Gasteiger charge is 2.36. The molecule has 118 valence electrons. The molecule has 0 aromatic carbocycles. The maximum Gasteiger partial charge on any atom is 0.0933 e. The highest BCUT2D eigenvalue weighted by molar-refractivity contribution is 7.11. The van der Waals surface area contributed by atoms with E-state index < -0.39 is 0 Å². The van der Waals surface area contributed by atoms with Gasteiger partial charge in [0.1, 0.15) is 0 Å². The van der Waals surface area contributed by atoms with Crippen LogP contribution in [-0.4, -0.2) is 17.6 Å². The van der Waals surface area contributed by atoms with Gasteiger partial charge in [0.05, 0.1) is 10.7 Å². The molecule has 2 atom stereocenters. The summed E-state index contributed by atoms with van der Waals surface area (Å²) in [5.41, 5.74) is 1.75. The second-order valence-electron chi connectivity index (χ2n) is 8.06. The monoisotopic (exact) mass is 306 g/mol. The molecule has 2 aliphatic carbocycles. The second-order valence-corrected chi connectivity index (χ2v) is 9.35. The summed E-state index contributed by atoms with van der Waals surface area (Å²) in [6, 6.07) is 0.838. The first-order valence-corrected chi connectivity index (χ1v) is 9.41. The molecular weight excluding hydrogens is 276 g/mol. The lowest BCUT2D eigenvalue weighted by Gasteiger charge is -2.41. The molecule has 21 heavy (non-hydrogen) atoms. The van der Waals surface area contributed by atoms with E-state index in [0.717, 1.165) is 17.9 Å². The third-order valence-electron chi connectivity index (χ3n) is 5.43. The van der Waals surface area contributed by atoms with Crippen LogP contribution in [0.4, 0.5) is 0 Å². The largest absolute Gasteiger partial charge is 0.314 e. The first-order valence-electron chi connectivity index (χ1n) is 8.59. The maximum atomic E-state index is 4.79. The Bertz CT molecular complexity index is 466. The zero-order valence-corrected chi connectivity index (χ0v) is 14.9. The molecule has 0 spiro atoms. The Morgan fingerprint density at radius 3 is 2.57 bits per heavy atom. The molecule has 1 N–H and O–H groups in total. The van der Waals surface area contributed by atoms with Crippen LogP contribution in [0, 0.1) is 31.1 Å². The molecule has 0 amide bonds. The maximum absolute atomic E-state index is 4.79. The summed E-state index contributed by atoms with van der Waals surface area (Å²) in [5.74, 6) is 1.66. The minimum Gasteiger partial charge on any atom is -0.314 e. The molecule has 0 bridgehead atoms. The van der Waals surface area contributed by atoms with Crippen molar-refractivity contribution in [3.05, 3.63) is 15.6 Å². The van der Waals surface area contributed by atoms with Crippen molar-refractivity contribution in [3.63, 3.8) is 0 Å². The summed E-state index contributed by atoms with van der Waals surface area (Å²) >= 11 is 1.92. The summed E-state index contributed by atoms with van der Waals surface area (Å²) in [6.07, 6.45) is 8.13. The molecule has 1 aromatic heterocycles. The van der Waals surface area contributed by atoms with Gasteiger partial charge in [-0.15, -0.1) is 11.3 Å². The van der Waals surface area contributed by atoms with Gasteiger partial charge >= 0.3 is 0 Å². The van der Waals surface area contributed by atoms with E-state index >= 15 is 0 Å². The van der Waals surface area contributed by atoms with Crippen LogP contribution in [0.5, 0.6) is 0 Å². The molecule has 0 radical (unpaired) electrons. The number of thiazole rings is 1. The van der Waals surface area contributed by atoms with Crippen molar-refractivity contribution in [2.24, 2.45) is 17.3 Å². The zero-order valence-electron chi connectivity index (χ0n) is 14.0. The lowest BCUT2D eigenvalue weighted by atomic mass is 9.66. The van der Waals surface area contributed by atoms with E-state index in [1.54, 1.807) is 0 Å². The molecule has 2 unspecified atom stereocenters. The predicted octanol–water partition coefficient (Wildman–Crippen LogP) is 4.50. The average Bonchev–Trinajstić information content (AvgIpc) is 3.15. The Morgan fingerprint density at radius 2 is 1.95 bits per heavy atom. The lowest BCUT2D eigenvalue weighted by molar-refractivity contribution is 0.115. The topological polar surface area (TPSA) is 24.9 Å². The van der Waals surface area contributed by atoms with E-state index in [9.17, 15) is 0 Å². The Labute approximate surface area is 133 Å². The Morgan fingerprint density at radius 1 is 1.19 bits per heavy atom. The molecule has 2 nitrogen and oxygen atoms in total. The second kappa shape index (κ2) is 6.00. The quantitative estimate of drug-likeness (QED) is 0.866. The molecule has 3 heteroatoms.